The van der Waals surface area contributed by atoms with Gasteiger partial charge in [-0.3, -0.25) is 4.79 Å². The molecule has 0 fully saturated rings. The van der Waals surface area contributed by atoms with Crippen LogP contribution in [0.2, 0.25) is 0 Å². The van der Waals surface area contributed by atoms with Crippen LogP contribution in [0.3, 0.4) is 0 Å². The summed E-state index contributed by atoms with van der Waals surface area (Å²) in [6.45, 7) is 3.59. The lowest BCUT2D eigenvalue weighted by atomic mass is 10.0. The Kier molecular flexibility index (Phi) is 4.94. The number of benzene rings is 2. The zero-order valence-corrected chi connectivity index (χ0v) is 12.6. The van der Waals surface area contributed by atoms with Gasteiger partial charge in [0.1, 0.15) is 5.75 Å². The minimum absolute atomic E-state index is 0.0664. The molecule has 0 saturated carbocycles. The first-order valence-electron chi connectivity index (χ1n) is 7.14. The minimum Gasteiger partial charge on any atom is -0.508 e. The third-order valence-electron chi connectivity index (χ3n) is 3.40. The minimum atomic E-state index is -0.867. The molecule has 2 aromatic carbocycles. The van der Waals surface area contributed by atoms with Crippen LogP contribution in [0.1, 0.15) is 40.1 Å². The van der Waals surface area contributed by atoms with Gasteiger partial charge in [0.05, 0.1) is 5.56 Å². The van der Waals surface area contributed by atoms with E-state index in [0.29, 0.717) is 11.1 Å². The van der Waals surface area contributed by atoms with E-state index < -0.39 is 12.1 Å². The van der Waals surface area contributed by atoms with Gasteiger partial charge in [-0.05, 0) is 43.2 Å². The second-order valence-electron chi connectivity index (χ2n) is 5.01. The number of ether oxygens (including phenoxy) is 1. The van der Waals surface area contributed by atoms with Gasteiger partial charge in [-0.25, -0.2) is 4.79 Å². The number of aromatic hydroxyl groups is 1. The number of Topliss-reactive ketones (excluding diaryl/α,β-unsaturated/α-hetero) is 1. The summed E-state index contributed by atoms with van der Waals surface area (Å²) in [6, 6.07) is 13.0. The standard InChI is InChI=1S/C18H18O4/c1-3-13-4-6-14(7-5-13)17(20)12(2)22-18(21)15-8-10-16(19)11-9-15/h4-12,19H,3H2,1-2H3. The maximum atomic E-state index is 12.2. The maximum Gasteiger partial charge on any atom is 0.338 e. The van der Waals surface area contributed by atoms with Crippen LogP contribution in [0.15, 0.2) is 48.5 Å². The van der Waals surface area contributed by atoms with Crippen LogP contribution in [0, 0.1) is 0 Å². The van der Waals surface area contributed by atoms with Gasteiger partial charge in [0.2, 0.25) is 5.78 Å². The summed E-state index contributed by atoms with van der Waals surface area (Å²) in [6.07, 6.45) is 0.0358. The number of rotatable bonds is 5. The number of phenols is 1. The van der Waals surface area contributed by atoms with Gasteiger partial charge in [0, 0.05) is 5.56 Å². The second kappa shape index (κ2) is 6.89. The molecule has 4 heteroatoms. The number of aryl methyl sites for hydroxylation is 1. The van der Waals surface area contributed by atoms with Crippen LogP contribution < -0.4 is 0 Å². The lowest BCUT2D eigenvalue weighted by Gasteiger charge is -2.12. The second-order valence-corrected chi connectivity index (χ2v) is 5.01. The molecule has 0 spiro atoms. The van der Waals surface area contributed by atoms with Crippen LogP contribution >= 0.6 is 0 Å². The van der Waals surface area contributed by atoms with Gasteiger partial charge in [0.25, 0.3) is 0 Å². The molecule has 1 N–H and O–H groups in total. The summed E-state index contributed by atoms with van der Waals surface area (Å²) in [4.78, 5) is 24.2. The Hall–Kier alpha value is -2.62. The average molecular weight is 298 g/mol. The lowest BCUT2D eigenvalue weighted by Crippen LogP contribution is -2.24. The molecule has 2 aromatic rings. The van der Waals surface area contributed by atoms with Crippen molar-refractivity contribution in [1.29, 1.82) is 0 Å². The van der Waals surface area contributed by atoms with Gasteiger partial charge in [-0.1, -0.05) is 31.2 Å². The predicted octanol–water partition coefficient (Wildman–Crippen LogP) is 3.38. The summed E-state index contributed by atoms with van der Waals surface area (Å²) >= 11 is 0. The highest BCUT2D eigenvalue weighted by atomic mass is 16.5. The Labute approximate surface area is 129 Å². The van der Waals surface area contributed by atoms with E-state index in [2.05, 4.69) is 0 Å². The predicted molar refractivity (Wildman–Crippen MR) is 83.1 cm³/mol. The van der Waals surface area contributed by atoms with Gasteiger partial charge in [-0.2, -0.15) is 0 Å². The van der Waals surface area contributed by atoms with Crippen LogP contribution in [-0.4, -0.2) is 23.0 Å². The maximum absolute atomic E-state index is 12.2. The fraction of sp³-hybridized carbons (Fsp3) is 0.222. The number of carbonyl (C=O) groups excluding carboxylic acids is 2. The molecule has 1 atom stereocenters. The summed E-state index contributed by atoms with van der Waals surface area (Å²) in [5.41, 5.74) is 1.95. The average Bonchev–Trinajstić information content (AvgIpc) is 2.54. The summed E-state index contributed by atoms with van der Waals surface area (Å²) in [7, 11) is 0. The topological polar surface area (TPSA) is 63.6 Å². The molecule has 0 aliphatic rings. The molecule has 0 heterocycles. The smallest absolute Gasteiger partial charge is 0.338 e. The Morgan fingerprint density at radius 3 is 2.09 bits per heavy atom. The lowest BCUT2D eigenvalue weighted by molar-refractivity contribution is 0.0319. The SMILES string of the molecule is CCc1ccc(C(=O)C(C)OC(=O)c2ccc(O)cc2)cc1. The number of hydrogen-bond donors (Lipinski definition) is 1. The number of phenolic OH excluding ortho intramolecular Hbond substituents is 1. The van der Waals surface area contributed by atoms with E-state index in [-0.39, 0.29) is 11.5 Å². The van der Waals surface area contributed by atoms with Gasteiger partial charge >= 0.3 is 5.97 Å². The quantitative estimate of drug-likeness (QED) is 0.679. The fourth-order valence-electron chi connectivity index (χ4n) is 2.02. The Bertz CT molecular complexity index is 656. The number of carbonyl (C=O) groups is 2. The molecular formula is C18H18O4. The molecule has 0 aliphatic heterocycles. The zero-order chi connectivity index (χ0) is 16.1. The zero-order valence-electron chi connectivity index (χ0n) is 12.6. The molecule has 1 unspecified atom stereocenters. The van der Waals surface area contributed by atoms with E-state index in [4.69, 9.17) is 4.74 Å². The molecular weight excluding hydrogens is 280 g/mol. The van der Waals surface area contributed by atoms with Crippen molar-refractivity contribution in [2.24, 2.45) is 0 Å². The van der Waals surface area contributed by atoms with Crippen molar-refractivity contribution in [2.75, 3.05) is 0 Å². The Morgan fingerprint density at radius 2 is 1.55 bits per heavy atom. The highest BCUT2D eigenvalue weighted by Crippen LogP contribution is 2.14. The molecule has 0 amide bonds. The molecule has 0 radical (unpaired) electrons. The molecule has 0 bridgehead atoms. The van der Waals surface area contributed by atoms with Crippen LogP contribution in [0.5, 0.6) is 5.75 Å². The number of esters is 1. The summed E-state index contributed by atoms with van der Waals surface area (Å²) in [5, 5.41) is 9.19. The summed E-state index contributed by atoms with van der Waals surface area (Å²) < 4.78 is 5.18. The monoisotopic (exact) mass is 298 g/mol. The van der Waals surface area contributed by atoms with Crippen LogP contribution in [-0.2, 0) is 11.2 Å². The number of hydrogen-bond acceptors (Lipinski definition) is 4. The van der Waals surface area contributed by atoms with E-state index in [1.165, 1.54) is 24.3 Å². The number of ketones is 1. The van der Waals surface area contributed by atoms with Crippen molar-refractivity contribution >= 4 is 11.8 Å². The van der Waals surface area contributed by atoms with E-state index >= 15 is 0 Å². The first kappa shape index (κ1) is 15.8. The van der Waals surface area contributed by atoms with Crippen molar-refractivity contribution in [1.82, 2.24) is 0 Å². The molecule has 0 aromatic heterocycles. The summed E-state index contributed by atoms with van der Waals surface area (Å²) in [5.74, 6) is -0.766. The molecule has 114 valence electrons. The van der Waals surface area contributed by atoms with Gasteiger partial charge in [-0.15, -0.1) is 0 Å². The van der Waals surface area contributed by atoms with E-state index in [1.807, 2.05) is 19.1 Å². The van der Waals surface area contributed by atoms with Crippen molar-refractivity contribution < 1.29 is 19.4 Å². The van der Waals surface area contributed by atoms with Gasteiger partial charge in [0.15, 0.2) is 6.10 Å². The Balaban J connectivity index is 2.03. The normalized spacial score (nSPS) is 11.7. The van der Waals surface area contributed by atoms with Crippen LogP contribution in [0.25, 0.3) is 0 Å². The van der Waals surface area contributed by atoms with E-state index in [1.54, 1.807) is 19.1 Å². The highest BCUT2D eigenvalue weighted by Gasteiger charge is 2.20. The third kappa shape index (κ3) is 3.73. The largest absolute Gasteiger partial charge is 0.508 e. The molecule has 0 aliphatic carbocycles. The van der Waals surface area contributed by atoms with E-state index in [0.717, 1.165) is 12.0 Å². The highest BCUT2D eigenvalue weighted by molar-refractivity contribution is 6.01. The van der Waals surface area contributed by atoms with Crippen molar-refractivity contribution in [3.8, 4) is 5.75 Å². The molecule has 22 heavy (non-hydrogen) atoms. The fourth-order valence-corrected chi connectivity index (χ4v) is 2.02. The molecule has 4 nitrogen and oxygen atoms in total. The van der Waals surface area contributed by atoms with Gasteiger partial charge < -0.3 is 9.84 Å². The van der Waals surface area contributed by atoms with Crippen LogP contribution in [0.4, 0.5) is 0 Å². The molecule has 2 rings (SSSR count). The molecule has 0 saturated heterocycles. The first-order chi connectivity index (χ1) is 10.5. The van der Waals surface area contributed by atoms with Crippen molar-refractivity contribution in [2.45, 2.75) is 26.4 Å². The Morgan fingerprint density at radius 1 is 1.00 bits per heavy atom. The van der Waals surface area contributed by atoms with Crippen molar-refractivity contribution in [3.63, 3.8) is 0 Å². The third-order valence-corrected chi connectivity index (χ3v) is 3.40. The van der Waals surface area contributed by atoms with Crippen molar-refractivity contribution in [3.05, 3.63) is 65.2 Å². The van der Waals surface area contributed by atoms with E-state index in [9.17, 15) is 14.7 Å². The first-order valence-corrected chi connectivity index (χ1v) is 7.14.